The van der Waals surface area contributed by atoms with Crippen molar-refractivity contribution in [1.82, 2.24) is 0 Å². The highest BCUT2D eigenvalue weighted by Gasteiger charge is 2.09. The summed E-state index contributed by atoms with van der Waals surface area (Å²) in [5, 5.41) is 23.5. The summed E-state index contributed by atoms with van der Waals surface area (Å²) in [6, 6.07) is 15.1. The summed E-state index contributed by atoms with van der Waals surface area (Å²) < 4.78 is 0. The van der Waals surface area contributed by atoms with Crippen LogP contribution in [0.4, 0.5) is 11.4 Å². The fourth-order valence-electron chi connectivity index (χ4n) is 1.97. The third kappa shape index (κ3) is 4.45. The molecule has 2 aromatic rings. The zero-order chi connectivity index (χ0) is 17.5. The maximum Gasteiger partial charge on any atom is 0.335 e. The van der Waals surface area contributed by atoms with Crippen molar-refractivity contribution in [3.63, 3.8) is 0 Å². The van der Waals surface area contributed by atoms with Crippen LogP contribution in [0.15, 0.2) is 60.3 Å². The van der Waals surface area contributed by atoms with Crippen LogP contribution in [0.1, 0.15) is 15.9 Å². The number of rotatable bonds is 5. The number of nitrogens with one attached hydrogen (secondary N) is 2. The fraction of sp³-hybridized carbons (Fsp3) is 0.0556. The molecule has 0 aliphatic carbocycles. The molecule has 3 N–H and O–H groups in total. The maximum atomic E-state index is 12.1. The van der Waals surface area contributed by atoms with Gasteiger partial charge in [0.1, 0.15) is 11.6 Å². The molecule has 0 heterocycles. The zero-order valence-corrected chi connectivity index (χ0v) is 12.9. The van der Waals surface area contributed by atoms with Gasteiger partial charge in [-0.15, -0.1) is 0 Å². The summed E-state index contributed by atoms with van der Waals surface area (Å²) in [5.41, 5.74) is 2.02. The van der Waals surface area contributed by atoms with Gasteiger partial charge in [-0.1, -0.05) is 18.2 Å². The van der Waals surface area contributed by atoms with Gasteiger partial charge in [0, 0.05) is 17.6 Å². The van der Waals surface area contributed by atoms with E-state index >= 15 is 0 Å². The van der Waals surface area contributed by atoms with Gasteiger partial charge in [0.15, 0.2) is 0 Å². The highest BCUT2D eigenvalue weighted by molar-refractivity contribution is 6.06. The molecule has 2 aromatic carbocycles. The van der Waals surface area contributed by atoms with Crippen LogP contribution in [0, 0.1) is 18.3 Å². The Kier molecular flexibility index (Phi) is 5.32. The van der Waals surface area contributed by atoms with Gasteiger partial charge in [-0.2, -0.15) is 5.26 Å². The normalized spacial score (nSPS) is 10.6. The molecule has 6 nitrogen and oxygen atoms in total. The molecule has 0 saturated heterocycles. The number of aromatic carboxylic acids is 1. The van der Waals surface area contributed by atoms with Gasteiger partial charge in [0.05, 0.1) is 5.56 Å². The molecule has 6 heteroatoms. The minimum Gasteiger partial charge on any atom is -0.478 e. The lowest BCUT2D eigenvalue weighted by molar-refractivity contribution is -0.112. The summed E-state index contributed by atoms with van der Waals surface area (Å²) in [5.74, 6) is -1.61. The van der Waals surface area contributed by atoms with E-state index in [1.165, 1.54) is 18.3 Å². The molecule has 24 heavy (non-hydrogen) atoms. The second kappa shape index (κ2) is 7.61. The van der Waals surface area contributed by atoms with Gasteiger partial charge in [-0.3, -0.25) is 4.79 Å². The summed E-state index contributed by atoms with van der Waals surface area (Å²) in [6.07, 6.45) is 1.24. The van der Waals surface area contributed by atoms with Crippen molar-refractivity contribution in [2.45, 2.75) is 6.92 Å². The molecular formula is C18H15N3O3. The average molecular weight is 321 g/mol. The van der Waals surface area contributed by atoms with Crippen molar-refractivity contribution in [1.29, 1.82) is 5.26 Å². The molecule has 120 valence electrons. The van der Waals surface area contributed by atoms with Crippen molar-refractivity contribution in [2.75, 3.05) is 10.6 Å². The number of hydrogen-bond donors (Lipinski definition) is 3. The van der Waals surface area contributed by atoms with E-state index in [-0.39, 0.29) is 11.1 Å². The first-order chi connectivity index (χ1) is 11.5. The molecule has 0 fully saturated rings. The molecule has 0 unspecified atom stereocenters. The Bertz CT molecular complexity index is 851. The quantitative estimate of drug-likeness (QED) is 0.580. The Morgan fingerprint density at radius 2 is 1.83 bits per heavy atom. The van der Waals surface area contributed by atoms with Crippen molar-refractivity contribution >= 4 is 23.3 Å². The summed E-state index contributed by atoms with van der Waals surface area (Å²) in [4.78, 5) is 23.0. The third-order valence-corrected chi connectivity index (χ3v) is 3.13. The fourth-order valence-corrected chi connectivity index (χ4v) is 1.97. The highest BCUT2D eigenvalue weighted by Crippen LogP contribution is 2.13. The lowest BCUT2D eigenvalue weighted by atomic mass is 10.2. The molecule has 0 radical (unpaired) electrons. The monoisotopic (exact) mass is 321 g/mol. The van der Waals surface area contributed by atoms with Crippen LogP contribution in [0.3, 0.4) is 0 Å². The number of nitriles is 1. The van der Waals surface area contributed by atoms with E-state index in [1.54, 1.807) is 30.3 Å². The van der Waals surface area contributed by atoms with E-state index in [0.29, 0.717) is 11.4 Å². The number of anilines is 2. The number of carboxylic acid groups (broad SMARTS) is 1. The van der Waals surface area contributed by atoms with Crippen LogP contribution in [-0.2, 0) is 4.79 Å². The Labute approximate surface area is 139 Å². The van der Waals surface area contributed by atoms with Gasteiger partial charge >= 0.3 is 5.97 Å². The Morgan fingerprint density at radius 1 is 1.12 bits per heavy atom. The molecule has 0 saturated carbocycles. The molecule has 0 spiro atoms. The van der Waals surface area contributed by atoms with E-state index in [4.69, 9.17) is 10.4 Å². The number of carbonyl (C=O) groups is 2. The van der Waals surface area contributed by atoms with Crippen LogP contribution in [-0.4, -0.2) is 17.0 Å². The average Bonchev–Trinajstić information content (AvgIpc) is 2.55. The Balaban J connectivity index is 2.11. The second-order valence-electron chi connectivity index (χ2n) is 5.02. The predicted octanol–water partition coefficient (Wildman–Crippen LogP) is 3.15. The van der Waals surface area contributed by atoms with Crippen LogP contribution in [0.2, 0.25) is 0 Å². The lowest BCUT2D eigenvalue weighted by Crippen LogP contribution is -2.14. The standard InChI is InChI=1S/C18H15N3O3/c1-12-4-2-7-16(8-12)21-17(22)14(10-19)11-20-15-6-3-5-13(9-15)18(23)24/h2-9,11,20H,1H3,(H,21,22)(H,23,24)/b14-11-. The molecule has 1 amide bonds. The molecule has 0 bridgehead atoms. The molecule has 0 aliphatic rings. The molecular weight excluding hydrogens is 306 g/mol. The topological polar surface area (TPSA) is 102 Å². The summed E-state index contributed by atoms with van der Waals surface area (Å²) in [7, 11) is 0. The largest absolute Gasteiger partial charge is 0.478 e. The second-order valence-corrected chi connectivity index (χ2v) is 5.02. The lowest BCUT2D eigenvalue weighted by Gasteiger charge is -2.06. The Hall–Kier alpha value is -3.59. The first-order valence-corrected chi connectivity index (χ1v) is 7.08. The maximum absolute atomic E-state index is 12.1. The number of hydrogen-bond acceptors (Lipinski definition) is 4. The van der Waals surface area contributed by atoms with Crippen molar-refractivity contribution in [2.24, 2.45) is 0 Å². The Morgan fingerprint density at radius 3 is 2.50 bits per heavy atom. The van der Waals surface area contributed by atoms with E-state index < -0.39 is 11.9 Å². The predicted molar refractivity (Wildman–Crippen MR) is 90.5 cm³/mol. The summed E-state index contributed by atoms with van der Waals surface area (Å²) >= 11 is 0. The third-order valence-electron chi connectivity index (χ3n) is 3.13. The van der Waals surface area contributed by atoms with Gasteiger partial charge < -0.3 is 15.7 Å². The number of benzene rings is 2. The zero-order valence-electron chi connectivity index (χ0n) is 12.9. The van der Waals surface area contributed by atoms with E-state index in [1.807, 2.05) is 19.1 Å². The number of carbonyl (C=O) groups excluding carboxylic acids is 1. The number of amides is 1. The number of aryl methyl sites for hydroxylation is 1. The van der Waals surface area contributed by atoms with E-state index in [9.17, 15) is 9.59 Å². The van der Waals surface area contributed by atoms with Crippen molar-refractivity contribution in [3.8, 4) is 6.07 Å². The SMILES string of the molecule is Cc1cccc(NC(=O)/C(C#N)=C\Nc2cccc(C(=O)O)c2)c1. The molecule has 0 aliphatic heterocycles. The smallest absolute Gasteiger partial charge is 0.335 e. The van der Waals surface area contributed by atoms with Crippen molar-refractivity contribution < 1.29 is 14.7 Å². The number of nitrogens with zero attached hydrogens (tertiary/aromatic N) is 1. The van der Waals surface area contributed by atoms with Crippen LogP contribution in [0.5, 0.6) is 0 Å². The minimum atomic E-state index is -1.06. The molecule has 0 aromatic heterocycles. The van der Waals surface area contributed by atoms with Crippen LogP contribution < -0.4 is 10.6 Å². The van der Waals surface area contributed by atoms with Crippen LogP contribution in [0.25, 0.3) is 0 Å². The number of carboxylic acids is 1. The van der Waals surface area contributed by atoms with Gasteiger partial charge in [-0.25, -0.2) is 4.79 Å². The first-order valence-electron chi connectivity index (χ1n) is 7.08. The van der Waals surface area contributed by atoms with Crippen LogP contribution >= 0.6 is 0 Å². The highest BCUT2D eigenvalue weighted by atomic mass is 16.4. The van der Waals surface area contributed by atoms with Gasteiger partial charge in [-0.05, 0) is 42.8 Å². The van der Waals surface area contributed by atoms with E-state index in [0.717, 1.165) is 5.56 Å². The van der Waals surface area contributed by atoms with E-state index in [2.05, 4.69) is 10.6 Å². The molecule has 2 rings (SSSR count). The minimum absolute atomic E-state index is 0.108. The van der Waals surface area contributed by atoms with Gasteiger partial charge in [0.25, 0.3) is 5.91 Å². The molecule has 0 atom stereocenters. The van der Waals surface area contributed by atoms with Gasteiger partial charge in [0.2, 0.25) is 0 Å². The first kappa shape index (κ1) is 16.8. The summed E-state index contributed by atoms with van der Waals surface area (Å²) in [6.45, 7) is 1.90. The van der Waals surface area contributed by atoms with Crippen molar-refractivity contribution in [3.05, 3.63) is 71.4 Å².